The number of hydrogen-bond acceptors (Lipinski definition) is 4. The van der Waals surface area contributed by atoms with E-state index in [2.05, 4.69) is 15.3 Å². The number of halogens is 1. The first-order valence-electron chi connectivity index (χ1n) is 8.72. The van der Waals surface area contributed by atoms with E-state index >= 15 is 0 Å². The Hall–Kier alpha value is -2.95. The molecule has 0 saturated heterocycles. The normalized spacial score (nSPS) is 14.7. The van der Waals surface area contributed by atoms with Crippen molar-refractivity contribution in [2.45, 2.75) is 24.8 Å². The van der Waals surface area contributed by atoms with Crippen molar-refractivity contribution in [2.75, 3.05) is 12.4 Å². The summed E-state index contributed by atoms with van der Waals surface area (Å²) in [7, 11) is 1.64. The highest BCUT2D eigenvalue weighted by Crippen LogP contribution is 2.38. The number of aromatic nitrogens is 2. The van der Waals surface area contributed by atoms with Gasteiger partial charge >= 0.3 is 0 Å². The summed E-state index contributed by atoms with van der Waals surface area (Å²) in [5, 5.41) is 3.48. The lowest BCUT2D eigenvalue weighted by Crippen LogP contribution is -2.14. The predicted molar refractivity (Wildman–Crippen MR) is 98.9 cm³/mol. The molecule has 0 spiro atoms. The quantitative estimate of drug-likeness (QED) is 0.700. The Kier molecular flexibility index (Phi) is 4.52. The first-order chi connectivity index (χ1) is 12.7. The van der Waals surface area contributed by atoms with Crippen LogP contribution in [0.3, 0.4) is 0 Å². The fourth-order valence-electron chi connectivity index (χ4n) is 2.95. The number of nitrogens with zero attached hydrogens (tertiary/aromatic N) is 2. The first kappa shape index (κ1) is 16.5. The van der Waals surface area contributed by atoms with Gasteiger partial charge in [0.05, 0.1) is 13.2 Å². The van der Waals surface area contributed by atoms with Crippen molar-refractivity contribution in [2.24, 2.45) is 0 Å². The fraction of sp³-hybridized carbons (Fsp3) is 0.238. The molecule has 3 aromatic rings. The van der Waals surface area contributed by atoms with Crippen molar-refractivity contribution in [1.82, 2.24) is 9.97 Å². The van der Waals surface area contributed by atoms with E-state index in [1.165, 1.54) is 12.1 Å². The molecule has 0 aliphatic heterocycles. The van der Waals surface area contributed by atoms with Gasteiger partial charge < -0.3 is 10.1 Å². The average molecular weight is 349 g/mol. The van der Waals surface area contributed by atoms with E-state index in [9.17, 15) is 4.39 Å². The van der Waals surface area contributed by atoms with Crippen LogP contribution in [0.2, 0.25) is 0 Å². The van der Waals surface area contributed by atoms with Crippen molar-refractivity contribution in [3.8, 4) is 5.75 Å². The van der Waals surface area contributed by atoms with Crippen LogP contribution in [0.15, 0.2) is 60.8 Å². The van der Waals surface area contributed by atoms with Gasteiger partial charge in [-0.25, -0.2) is 14.4 Å². The molecule has 1 fully saturated rings. The smallest absolute Gasteiger partial charge is 0.133 e. The van der Waals surface area contributed by atoms with E-state index in [1.54, 1.807) is 25.4 Å². The van der Waals surface area contributed by atoms with Gasteiger partial charge in [0.2, 0.25) is 0 Å². The maximum absolute atomic E-state index is 13.4. The number of ether oxygens (including phenoxy) is 1. The van der Waals surface area contributed by atoms with E-state index in [0.717, 1.165) is 41.4 Å². The molecule has 1 unspecified atom stereocenters. The fourth-order valence-corrected chi connectivity index (χ4v) is 2.95. The number of nitrogens with one attached hydrogen (secondary N) is 1. The van der Waals surface area contributed by atoms with E-state index in [-0.39, 0.29) is 11.9 Å². The predicted octanol–water partition coefficient (Wildman–Crippen LogP) is 4.70. The van der Waals surface area contributed by atoms with Crippen LogP contribution in [0.25, 0.3) is 0 Å². The van der Waals surface area contributed by atoms with Gasteiger partial charge in [0, 0.05) is 12.1 Å². The summed E-state index contributed by atoms with van der Waals surface area (Å²) in [5.74, 6) is 2.70. The van der Waals surface area contributed by atoms with Gasteiger partial charge in [-0.3, -0.25) is 0 Å². The van der Waals surface area contributed by atoms with Gasteiger partial charge in [-0.15, -0.1) is 0 Å². The topological polar surface area (TPSA) is 47.0 Å². The Morgan fingerprint density at radius 1 is 1.00 bits per heavy atom. The molecule has 1 aliphatic carbocycles. The van der Waals surface area contributed by atoms with Crippen molar-refractivity contribution < 1.29 is 9.13 Å². The zero-order chi connectivity index (χ0) is 17.9. The van der Waals surface area contributed by atoms with E-state index in [1.807, 2.05) is 30.3 Å². The van der Waals surface area contributed by atoms with Crippen LogP contribution in [-0.2, 0) is 0 Å². The summed E-state index contributed by atoms with van der Waals surface area (Å²) in [6.45, 7) is 0. The number of methoxy groups -OCH3 is 1. The molecule has 4 rings (SSSR count). The van der Waals surface area contributed by atoms with Crippen LogP contribution in [0.5, 0.6) is 5.75 Å². The summed E-state index contributed by atoms with van der Waals surface area (Å²) in [4.78, 5) is 9.03. The molecule has 1 aromatic heterocycles. The zero-order valence-electron chi connectivity index (χ0n) is 14.5. The molecule has 1 saturated carbocycles. The third-order valence-electron chi connectivity index (χ3n) is 4.56. The van der Waals surface area contributed by atoms with Crippen molar-refractivity contribution in [3.63, 3.8) is 0 Å². The Balaban J connectivity index is 1.67. The minimum Gasteiger partial charge on any atom is -0.497 e. The molecule has 1 N–H and O–H groups in total. The molecule has 132 valence electrons. The van der Waals surface area contributed by atoms with Crippen LogP contribution in [-0.4, -0.2) is 17.1 Å². The van der Waals surface area contributed by atoms with Crippen LogP contribution < -0.4 is 10.1 Å². The lowest BCUT2D eigenvalue weighted by molar-refractivity contribution is 0.414. The molecule has 1 atom stereocenters. The number of anilines is 1. The van der Waals surface area contributed by atoms with E-state index < -0.39 is 0 Å². The molecule has 4 nitrogen and oxygen atoms in total. The Bertz CT molecular complexity index is 877. The highest BCUT2D eigenvalue weighted by atomic mass is 19.1. The largest absolute Gasteiger partial charge is 0.497 e. The Labute approximate surface area is 152 Å². The van der Waals surface area contributed by atoms with Gasteiger partial charge in [0.25, 0.3) is 0 Å². The Morgan fingerprint density at radius 2 is 1.65 bits per heavy atom. The average Bonchev–Trinajstić information content (AvgIpc) is 3.53. The third kappa shape index (κ3) is 3.67. The maximum Gasteiger partial charge on any atom is 0.133 e. The lowest BCUT2D eigenvalue weighted by Gasteiger charge is -2.21. The SMILES string of the molecule is COc1ccc(C(Nc2ccnc(C3CC3)n2)c2ccc(F)cc2)cc1. The zero-order valence-corrected chi connectivity index (χ0v) is 14.5. The summed E-state index contributed by atoms with van der Waals surface area (Å²) in [6, 6.07) is 16.1. The summed E-state index contributed by atoms with van der Waals surface area (Å²) >= 11 is 0. The summed E-state index contributed by atoms with van der Waals surface area (Å²) in [5.41, 5.74) is 2.01. The second-order valence-electron chi connectivity index (χ2n) is 6.48. The van der Waals surface area contributed by atoms with Gasteiger partial charge in [0.15, 0.2) is 0 Å². The molecular formula is C21H20FN3O. The van der Waals surface area contributed by atoms with Crippen LogP contribution in [0.1, 0.15) is 41.8 Å². The van der Waals surface area contributed by atoms with Gasteiger partial charge in [0.1, 0.15) is 23.2 Å². The second kappa shape index (κ2) is 7.12. The second-order valence-corrected chi connectivity index (χ2v) is 6.48. The minimum absolute atomic E-state index is 0.150. The summed E-state index contributed by atoms with van der Waals surface area (Å²) < 4.78 is 18.6. The molecule has 0 radical (unpaired) electrons. The Morgan fingerprint density at radius 3 is 2.27 bits per heavy atom. The molecular weight excluding hydrogens is 329 g/mol. The van der Waals surface area contributed by atoms with Gasteiger partial charge in [-0.1, -0.05) is 24.3 Å². The number of rotatable bonds is 6. The molecule has 1 heterocycles. The van der Waals surface area contributed by atoms with Crippen molar-refractivity contribution in [1.29, 1.82) is 0 Å². The monoisotopic (exact) mass is 349 g/mol. The highest BCUT2D eigenvalue weighted by Gasteiger charge is 2.26. The molecule has 26 heavy (non-hydrogen) atoms. The van der Waals surface area contributed by atoms with Gasteiger partial charge in [-0.05, 0) is 54.3 Å². The van der Waals surface area contributed by atoms with E-state index in [4.69, 9.17) is 4.74 Å². The number of hydrogen-bond donors (Lipinski definition) is 1. The third-order valence-corrected chi connectivity index (χ3v) is 4.56. The molecule has 0 bridgehead atoms. The first-order valence-corrected chi connectivity index (χ1v) is 8.72. The molecule has 1 aliphatic rings. The number of benzene rings is 2. The van der Waals surface area contributed by atoms with Crippen molar-refractivity contribution in [3.05, 3.63) is 83.6 Å². The molecule has 0 amide bonds. The molecule has 2 aromatic carbocycles. The molecule has 5 heteroatoms. The van der Waals surface area contributed by atoms with E-state index in [0.29, 0.717) is 5.92 Å². The van der Waals surface area contributed by atoms with Crippen LogP contribution in [0.4, 0.5) is 10.2 Å². The maximum atomic E-state index is 13.4. The highest BCUT2D eigenvalue weighted by molar-refractivity contribution is 5.45. The standard InChI is InChI=1S/C21H20FN3O/c1-26-18-10-6-15(7-11-18)20(14-4-8-17(22)9-5-14)24-19-12-13-23-21(25-19)16-2-3-16/h4-13,16,20H,2-3H2,1H3,(H,23,24,25). The van der Waals surface area contributed by atoms with Crippen LogP contribution in [0, 0.1) is 5.82 Å². The summed E-state index contributed by atoms with van der Waals surface area (Å²) in [6.07, 6.45) is 4.10. The van der Waals surface area contributed by atoms with Gasteiger partial charge in [-0.2, -0.15) is 0 Å². The minimum atomic E-state index is -0.250. The lowest BCUT2D eigenvalue weighted by atomic mass is 9.98. The van der Waals surface area contributed by atoms with Crippen molar-refractivity contribution >= 4 is 5.82 Å². The van der Waals surface area contributed by atoms with Crippen LogP contribution >= 0.6 is 0 Å².